The predicted octanol–water partition coefficient (Wildman–Crippen LogP) is 7.70. The SMILES string of the molecule is N#CC1(C2CC2)CCC=C([C@@H]2C[C@H]3CCC[C@@]3(C(=O)C3=CCCc4ncc(C(F)(F)F)cc4C3)C2)CC1. The predicted molar refractivity (Wildman–Crippen MR) is 134 cm³/mol. The van der Waals surface area contributed by atoms with E-state index in [1.54, 1.807) is 0 Å². The summed E-state index contributed by atoms with van der Waals surface area (Å²) in [6.45, 7) is 0. The van der Waals surface area contributed by atoms with Crippen molar-refractivity contribution in [3.63, 3.8) is 0 Å². The third kappa shape index (κ3) is 4.37. The lowest BCUT2D eigenvalue weighted by Gasteiger charge is -2.29. The van der Waals surface area contributed by atoms with E-state index in [1.807, 2.05) is 6.08 Å². The van der Waals surface area contributed by atoms with Gasteiger partial charge >= 0.3 is 6.18 Å². The molecule has 0 aromatic carbocycles. The fourth-order valence-corrected chi connectivity index (χ4v) is 8.25. The number of rotatable bonds is 4. The number of ketones is 1. The van der Waals surface area contributed by atoms with Gasteiger partial charge in [-0.3, -0.25) is 9.78 Å². The molecule has 1 aromatic rings. The second-order valence-corrected chi connectivity index (χ2v) is 12.3. The van der Waals surface area contributed by atoms with E-state index in [0.29, 0.717) is 47.4 Å². The minimum Gasteiger partial charge on any atom is -0.294 e. The molecule has 196 valence electrons. The number of nitriles is 1. The number of alkyl halides is 3. The number of halogens is 3. The van der Waals surface area contributed by atoms with Crippen molar-refractivity contribution in [3.05, 3.63) is 52.4 Å². The van der Waals surface area contributed by atoms with Crippen molar-refractivity contribution >= 4 is 5.78 Å². The Morgan fingerprint density at radius 3 is 2.65 bits per heavy atom. The number of hydrogen-bond acceptors (Lipinski definition) is 3. The van der Waals surface area contributed by atoms with Gasteiger partial charge in [-0.15, -0.1) is 0 Å². The number of carbonyl (C=O) groups excluding carboxylic acids is 1. The van der Waals surface area contributed by atoms with Crippen molar-refractivity contribution in [3.8, 4) is 6.07 Å². The van der Waals surface area contributed by atoms with Crippen molar-refractivity contribution in [2.45, 2.75) is 96.1 Å². The van der Waals surface area contributed by atoms with Gasteiger partial charge in [-0.2, -0.15) is 18.4 Å². The molecular weight excluding hydrogens is 473 g/mol. The molecule has 3 saturated carbocycles. The molecule has 37 heavy (non-hydrogen) atoms. The number of aromatic nitrogens is 1. The Hall–Kier alpha value is -2.42. The van der Waals surface area contributed by atoms with Crippen molar-refractivity contribution in [1.82, 2.24) is 4.98 Å². The Bertz CT molecular complexity index is 1200. The molecule has 1 unspecified atom stereocenters. The molecule has 0 radical (unpaired) electrons. The van der Waals surface area contributed by atoms with Crippen molar-refractivity contribution in [2.24, 2.45) is 28.6 Å². The average Bonchev–Trinajstić information content (AvgIpc) is 3.63. The first-order valence-corrected chi connectivity index (χ1v) is 14.1. The smallest absolute Gasteiger partial charge is 0.294 e. The first kappa shape index (κ1) is 24.9. The van der Waals surface area contributed by atoms with Gasteiger partial charge in [-0.05, 0) is 112 Å². The summed E-state index contributed by atoms with van der Waals surface area (Å²) in [5, 5.41) is 9.98. The summed E-state index contributed by atoms with van der Waals surface area (Å²) in [5.74, 6) is 1.49. The molecule has 1 heterocycles. The summed E-state index contributed by atoms with van der Waals surface area (Å²) >= 11 is 0. The van der Waals surface area contributed by atoms with Crippen molar-refractivity contribution in [1.29, 1.82) is 5.26 Å². The van der Waals surface area contributed by atoms with E-state index < -0.39 is 11.7 Å². The molecule has 5 aliphatic carbocycles. The number of carbonyl (C=O) groups is 1. The molecule has 6 heteroatoms. The number of Topliss-reactive ketones (excluding diaryl/α,β-unsaturated/α-hetero) is 1. The van der Waals surface area contributed by atoms with Gasteiger partial charge in [-0.1, -0.05) is 24.1 Å². The maximum Gasteiger partial charge on any atom is 0.417 e. The number of fused-ring (bicyclic) bond motifs is 2. The molecule has 0 bridgehead atoms. The Labute approximate surface area is 217 Å². The van der Waals surface area contributed by atoms with Crippen LogP contribution < -0.4 is 0 Å². The summed E-state index contributed by atoms with van der Waals surface area (Å²) in [6.07, 6.45) is 13.4. The summed E-state index contributed by atoms with van der Waals surface area (Å²) in [4.78, 5) is 18.3. The Balaban J connectivity index is 1.22. The van der Waals surface area contributed by atoms with E-state index in [4.69, 9.17) is 0 Å². The maximum absolute atomic E-state index is 14.2. The van der Waals surface area contributed by atoms with Crippen LogP contribution in [0.3, 0.4) is 0 Å². The quantitative estimate of drug-likeness (QED) is 0.392. The van der Waals surface area contributed by atoms with Crippen molar-refractivity contribution in [2.75, 3.05) is 0 Å². The fraction of sp³-hybridized carbons (Fsp3) is 0.645. The van der Waals surface area contributed by atoms with Crippen LogP contribution in [0.15, 0.2) is 35.6 Å². The third-order valence-corrected chi connectivity index (χ3v) is 10.4. The average molecular weight is 509 g/mol. The van der Waals surface area contributed by atoms with E-state index in [0.717, 1.165) is 64.0 Å². The van der Waals surface area contributed by atoms with Gasteiger partial charge in [0.2, 0.25) is 0 Å². The number of pyridine rings is 1. The molecule has 0 aliphatic heterocycles. The lowest BCUT2D eigenvalue weighted by atomic mass is 9.72. The molecule has 3 nitrogen and oxygen atoms in total. The van der Waals surface area contributed by atoms with Crippen LogP contribution in [0.4, 0.5) is 13.2 Å². The highest BCUT2D eigenvalue weighted by Gasteiger charge is 2.56. The van der Waals surface area contributed by atoms with E-state index >= 15 is 0 Å². The van der Waals surface area contributed by atoms with E-state index in [2.05, 4.69) is 17.1 Å². The van der Waals surface area contributed by atoms with Gasteiger partial charge in [0.1, 0.15) is 0 Å². The minimum absolute atomic E-state index is 0.165. The topological polar surface area (TPSA) is 53.8 Å². The Morgan fingerprint density at radius 1 is 1.05 bits per heavy atom. The van der Waals surface area contributed by atoms with Crippen LogP contribution in [0.25, 0.3) is 0 Å². The highest BCUT2D eigenvalue weighted by Crippen LogP contribution is 2.61. The largest absolute Gasteiger partial charge is 0.417 e. The summed E-state index contributed by atoms with van der Waals surface area (Å²) in [6, 6.07) is 3.90. The normalized spacial score (nSPS) is 33.9. The van der Waals surface area contributed by atoms with Gasteiger partial charge in [-0.25, -0.2) is 0 Å². The monoisotopic (exact) mass is 508 g/mol. The van der Waals surface area contributed by atoms with Crippen LogP contribution in [0.1, 0.15) is 93.9 Å². The van der Waals surface area contributed by atoms with E-state index in [9.17, 15) is 23.2 Å². The van der Waals surface area contributed by atoms with Gasteiger partial charge in [0, 0.05) is 23.7 Å². The number of allylic oxidation sites excluding steroid dienone is 4. The van der Waals surface area contributed by atoms with Crippen LogP contribution in [0.2, 0.25) is 0 Å². The molecule has 5 aliphatic rings. The summed E-state index contributed by atoms with van der Waals surface area (Å²) in [7, 11) is 0. The van der Waals surface area contributed by atoms with Crippen LogP contribution in [-0.4, -0.2) is 10.8 Å². The zero-order valence-electron chi connectivity index (χ0n) is 21.4. The van der Waals surface area contributed by atoms with Crippen LogP contribution in [-0.2, 0) is 23.8 Å². The summed E-state index contributed by atoms with van der Waals surface area (Å²) in [5.41, 5.74) is 2.09. The van der Waals surface area contributed by atoms with E-state index in [-0.39, 0.29) is 23.0 Å². The second-order valence-electron chi connectivity index (χ2n) is 12.3. The zero-order valence-corrected chi connectivity index (χ0v) is 21.4. The zero-order chi connectivity index (χ0) is 25.8. The fourth-order valence-electron chi connectivity index (χ4n) is 8.25. The van der Waals surface area contributed by atoms with Crippen LogP contribution >= 0.6 is 0 Å². The molecule has 3 fully saturated rings. The summed E-state index contributed by atoms with van der Waals surface area (Å²) < 4.78 is 40.1. The molecule has 1 aromatic heterocycles. The Kier molecular flexibility index (Phi) is 6.12. The van der Waals surface area contributed by atoms with Gasteiger partial charge in [0.05, 0.1) is 17.0 Å². The number of nitrogens with zero attached hydrogens (tertiary/aromatic N) is 2. The molecule has 0 N–H and O–H groups in total. The highest BCUT2D eigenvalue weighted by molar-refractivity contribution is 6.01. The van der Waals surface area contributed by atoms with Crippen LogP contribution in [0, 0.1) is 39.9 Å². The number of hydrogen-bond donors (Lipinski definition) is 0. The van der Waals surface area contributed by atoms with Gasteiger partial charge < -0.3 is 0 Å². The van der Waals surface area contributed by atoms with E-state index in [1.165, 1.54) is 24.5 Å². The Morgan fingerprint density at radius 2 is 1.89 bits per heavy atom. The molecule has 4 atom stereocenters. The minimum atomic E-state index is -4.44. The molecular formula is C31H35F3N2O. The van der Waals surface area contributed by atoms with Crippen LogP contribution in [0.5, 0.6) is 0 Å². The van der Waals surface area contributed by atoms with Gasteiger partial charge in [0.15, 0.2) is 5.78 Å². The first-order chi connectivity index (χ1) is 17.7. The third-order valence-electron chi connectivity index (χ3n) is 10.4. The van der Waals surface area contributed by atoms with Crippen molar-refractivity contribution < 1.29 is 18.0 Å². The standard InChI is InChI=1S/C31H35F3N2O/c32-31(33,34)26-15-22-14-21(4-1-7-27(22)36-18-26)28(37)30-12-3-6-25(30)16-23(17-30)20-5-2-11-29(19-35,13-10-20)24-8-9-24/h4-5,15,18,23-25H,1-3,6-14,16-17H2/t23-,25-,29?,30-/m1/s1. The highest BCUT2D eigenvalue weighted by atomic mass is 19.4. The molecule has 0 spiro atoms. The molecule has 0 amide bonds. The second kappa shape index (κ2) is 9.10. The lowest BCUT2D eigenvalue weighted by molar-refractivity contribution is -0.137. The molecule has 0 saturated heterocycles. The molecule has 6 rings (SSSR count). The first-order valence-electron chi connectivity index (χ1n) is 14.1. The van der Waals surface area contributed by atoms with Gasteiger partial charge in [0.25, 0.3) is 0 Å². The maximum atomic E-state index is 14.2. The lowest BCUT2D eigenvalue weighted by Crippen LogP contribution is -2.33. The number of aryl methyl sites for hydroxylation is 1.